The van der Waals surface area contributed by atoms with Gasteiger partial charge in [0.05, 0.1) is 12.3 Å². The minimum absolute atomic E-state index is 0.0638. The molecule has 0 saturated carbocycles. The van der Waals surface area contributed by atoms with E-state index >= 15 is 0 Å². The van der Waals surface area contributed by atoms with Crippen molar-refractivity contribution in [3.63, 3.8) is 0 Å². The fourth-order valence-corrected chi connectivity index (χ4v) is 4.51. The van der Waals surface area contributed by atoms with Crippen molar-refractivity contribution in [2.45, 2.75) is 44.9 Å². The molecule has 4 rings (SSSR count). The Hall–Kier alpha value is -2.21. The van der Waals surface area contributed by atoms with E-state index in [9.17, 15) is 9.59 Å². The van der Waals surface area contributed by atoms with Crippen molar-refractivity contribution in [1.82, 2.24) is 9.88 Å². The molecule has 2 amide bonds. The summed E-state index contributed by atoms with van der Waals surface area (Å²) >= 11 is 3.34. The maximum atomic E-state index is 12.9. The summed E-state index contributed by atoms with van der Waals surface area (Å²) in [6.45, 7) is 1.20. The molecule has 2 aromatic rings. The standard InChI is InChI=1S/C23H26BrN3O2/c24-20-9-10-21(25-14-20)26-23(29)19-6-3-11-27(15-19)22(28)13-16-7-8-17-4-1-2-5-18(17)12-16/h7-10,12,14,19H,1-6,11,13,15H2,(H,25,26,29)/t19-/m1/s1. The van der Waals surface area contributed by atoms with E-state index in [1.807, 2.05) is 11.0 Å². The lowest BCUT2D eigenvalue weighted by Crippen LogP contribution is -2.44. The van der Waals surface area contributed by atoms with Gasteiger partial charge in [0, 0.05) is 23.8 Å². The lowest BCUT2D eigenvalue weighted by atomic mass is 9.89. The van der Waals surface area contributed by atoms with Gasteiger partial charge >= 0.3 is 0 Å². The fourth-order valence-electron chi connectivity index (χ4n) is 4.28. The predicted molar refractivity (Wildman–Crippen MR) is 117 cm³/mol. The number of likely N-dealkylation sites (tertiary alicyclic amines) is 1. The van der Waals surface area contributed by atoms with E-state index in [4.69, 9.17) is 0 Å². The smallest absolute Gasteiger partial charge is 0.230 e. The average molecular weight is 456 g/mol. The maximum absolute atomic E-state index is 12.9. The van der Waals surface area contributed by atoms with Crippen molar-refractivity contribution in [3.8, 4) is 0 Å². The highest BCUT2D eigenvalue weighted by molar-refractivity contribution is 9.10. The van der Waals surface area contributed by atoms with Crippen LogP contribution < -0.4 is 5.32 Å². The van der Waals surface area contributed by atoms with Gasteiger partial charge < -0.3 is 10.2 Å². The molecule has 0 unspecified atom stereocenters. The second-order valence-electron chi connectivity index (χ2n) is 8.02. The summed E-state index contributed by atoms with van der Waals surface area (Å²) in [5.74, 6) is 0.392. The number of carbonyl (C=O) groups excluding carboxylic acids is 2. The Bertz CT molecular complexity index is 897. The Kier molecular flexibility index (Phi) is 6.28. The van der Waals surface area contributed by atoms with Crippen molar-refractivity contribution in [1.29, 1.82) is 0 Å². The number of halogens is 1. The van der Waals surface area contributed by atoms with Crippen molar-refractivity contribution in [2.24, 2.45) is 5.92 Å². The molecule has 1 aromatic carbocycles. The van der Waals surface area contributed by atoms with Gasteiger partial charge in [-0.3, -0.25) is 9.59 Å². The van der Waals surface area contributed by atoms with Gasteiger partial charge in [0.25, 0.3) is 0 Å². The number of aryl methyl sites for hydroxylation is 2. The first-order valence-electron chi connectivity index (χ1n) is 10.4. The number of nitrogens with zero attached hydrogens (tertiary/aromatic N) is 2. The highest BCUT2D eigenvalue weighted by Gasteiger charge is 2.28. The minimum atomic E-state index is -0.193. The van der Waals surface area contributed by atoms with Gasteiger partial charge in [0.2, 0.25) is 11.8 Å². The lowest BCUT2D eigenvalue weighted by Gasteiger charge is -2.32. The van der Waals surface area contributed by atoms with Gasteiger partial charge in [-0.1, -0.05) is 18.2 Å². The highest BCUT2D eigenvalue weighted by atomic mass is 79.9. The number of hydrogen-bond donors (Lipinski definition) is 1. The third kappa shape index (κ3) is 5.04. The van der Waals surface area contributed by atoms with Crippen LogP contribution in [0.25, 0.3) is 0 Å². The van der Waals surface area contributed by atoms with Crippen LogP contribution in [0, 0.1) is 5.92 Å². The van der Waals surface area contributed by atoms with Gasteiger partial charge in [-0.15, -0.1) is 0 Å². The fraction of sp³-hybridized carbons (Fsp3) is 0.435. The molecule has 152 valence electrons. The molecule has 0 spiro atoms. The van der Waals surface area contributed by atoms with E-state index < -0.39 is 0 Å². The summed E-state index contributed by atoms with van der Waals surface area (Å²) in [5.41, 5.74) is 3.92. The maximum Gasteiger partial charge on any atom is 0.230 e. The molecule has 1 fully saturated rings. The zero-order valence-electron chi connectivity index (χ0n) is 16.5. The van der Waals surface area contributed by atoms with Crippen LogP contribution in [0.4, 0.5) is 5.82 Å². The number of nitrogens with one attached hydrogen (secondary N) is 1. The zero-order chi connectivity index (χ0) is 20.2. The van der Waals surface area contributed by atoms with Gasteiger partial charge in [-0.25, -0.2) is 4.98 Å². The molecular weight excluding hydrogens is 430 g/mol. The number of anilines is 1. The molecule has 1 N–H and O–H groups in total. The molecule has 1 aromatic heterocycles. The molecule has 0 bridgehead atoms. The number of rotatable bonds is 4. The van der Waals surface area contributed by atoms with Crippen LogP contribution in [0.3, 0.4) is 0 Å². The molecule has 5 nitrogen and oxygen atoms in total. The molecule has 1 aliphatic carbocycles. The molecule has 6 heteroatoms. The van der Waals surface area contributed by atoms with Gasteiger partial charge in [-0.2, -0.15) is 0 Å². The first-order chi connectivity index (χ1) is 14.1. The van der Waals surface area contributed by atoms with E-state index in [2.05, 4.69) is 44.4 Å². The van der Waals surface area contributed by atoms with E-state index in [1.54, 1.807) is 12.3 Å². The van der Waals surface area contributed by atoms with Crippen LogP contribution in [0.15, 0.2) is 41.0 Å². The summed E-state index contributed by atoms with van der Waals surface area (Å²) < 4.78 is 0.868. The number of carbonyl (C=O) groups is 2. The summed E-state index contributed by atoms with van der Waals surface area (Å²) in [5, 5.41) is 2.87. The summed E-state index contributed by atoms with van der Waals surface area (Å²) in [7, 11) is 0. The summed E-state index contributed by atoms with van der Waals surface area (Å²) in [6, 6.07) is 10.1. The van der Waals surface area contributed by atoms with Crippen molar-refractivity contribution < 1.29 is 9.59 Å². The molecule has 0 radical (unpaired) electrons. The van der Waals surface area contributed by atoms with Crippen LogP contribution in [-0.2, 0) is 28.9 Å². The number of amides is 2. The molecule has 1 atom stereocenters. The lowest BCUT2D eigenvalue weighted by molar-refractivity contribution is -0.133. The molecule has 2 heterocycles. The second-order valence-corrected chi connectivity index (χ2v) is 8.93. The summed E-state index contributed by atoms with van der Waals surface area (Å²) in [4.78, 5) is 31.6. The van der Waals surface area contributed by atoms with Crippen LogP contribution in [0.2, 0.25) is 0 Å². The first kappa shape index (κ1) is 20.1. The van der Waals surface area contributed by atoms with E-state index in [0.717, 1.165) is 42.3 Å². The van der Waals surface area contributed by atoms with E-state index in [-0.39, 0.29) is 17.7 Å². The Balaban J connectivity index is 1.35. The topological polar surface area (TPSA) is 62.3 Å². The first-order valence-corrected chi connectivity index (χ1v) is 11.2. The number of hydrogen-bond acceptors (Lipinski definition) is 3. The molecule has 1 aliphatic heterocycles. The van der Waals surface area contributed by atoms with Crippen LogP contribution >= 0.6 is 15.9 Å². The highest BCUT2D eigenvalue weighted by Crippen LogP contribution is 2.24. The monoisotopic (exact) mass is 455 g/mol. The molecule has 29 heavy (non-hydrogen) atoms. The van der Waals surface area contributed by atoms with Crippen molar-refractivity contribution >= 4 is 33.6 Å². The number of fused-ring (bicyclic) bond motifs is 1. The second kappa shape index (κ2) is 9.08. The molecule has 2 aliphatic rings. The average Bonchev–Trinajstić information content (AvgIpc) is 2.75. The van der Waals surface area contributed by atoms with Gasteiger partial charge in [0.15, 0.2) is 0 Å². The van der Waals surface area contributed by atoms with E-state index in [1.165, 1.54) is 24.0 Å². The Morgan fingerprint density at radius 2 is 1.93 bits per heavy atom. The van der Waals surface area contributed by atoms with Crippen LogP contribution in [0.5, 0.6) is 0 Å². The van der Waals surface area contributed by atoms with Crippen LogP contribution in [0.1, 0.15) is 42.4 Å². The normalized spacial score (nSPS) is 18.8. The van der Waals surface area contributed by atoms with E-state index in [0.29, 0.717) is 18.8 Å². The van der Waals surface area contributed by atoms with Gasteiger partial charge in [0.1, 0.15) is 5.82 Å². The number of aromatic nitrogens is 1. The van der Waals surface area contributed by atoms with Crippen molar-refractivity contribution in [3.05, 3.63) is 57.7 Å². The van der Waals surface area contributed by atoms with Gasteiger partial charge in [-0.05, 0) is 83.3 Å². The Morgan fingerprint density at radius 3 is 2.72 bits per heavy atom. The third-order valence-corrected chi connectivity index (χ3v) is 6.36. The van der Waals surface area contributed by atoms with Crippen LogP contribution in [-0.4, -0.2) is 34.8 Å². The minimum Gasteiger partial charge on any atom is -0.342 e. The van der Waals surface area contributed by atoms with Crippen molar-refractivity contribution in [2.75, 3.05) is 18.4 Å². The quantitative estimate of drug-likeness (QED) is 0.752. The third-order valence-electron chi connectivity index (χ3n) is 5.89. The number of benzene rings is 1. The SMILES string of the molecule is O=C(Nc1ccc(Br)cn1)[C@@H]1CCCN(C(=O)Cc2ccc3c(c2)CCCC3)C1. The molecule has 1 saturated heterocycles. The molecular formula is C23H26BrN3O2. The number of pyridine rings is 1. The summed E-state index contributed by atoms with van der Waals surface area (Å²) in [6.07, 6.45) is 8.49. The Morgan fingerprint density at radius 1 is 1.10 bits per heavy atom. The predicted octanol–water partition coefficient (Wildman–Crippen LogP) is 4.14. The zero-order valence-corrected chi connectivity index (χ0v) is 18.1. The largest absolute Gasteiger partial charge is 0.342 e. The number of piperidine rings is 1. The Labute approximate surface area is 180 Å².